The van der Waals surface area contributed by atoms with Gasteiger partial charge in [-0.1, -0.05) is 18.2 Å². The first kappa shape index (κ1) is 27.9. The molecule has 0 atom stereocenters. The van der Waals surface area contributed by atoms with E-state index in [1.165, 1.54) is 12.1 Å². The largest absolute Gasteiger partial charge is 0.488 e. The van der Waals surface area contributed by atoms with Crippen LogP contribution in [0.3, 0.4) is 0 Å². The summed E-state index contributed by atoms with van der Waals surface area (Å²) in [6, 6.07) is 20.4. The standard InChI is InChI=1S/C29H26N4O7S/c34-27(30-22-7-11-23(12-8-22)31-13-15-39-16-14-31)18-32-28(35)26(41-29(32)36)17-21-3-1-2-4-25(21)40-19-20-5-9-24(10-6-20)33(37)38/h1-12,17H,13-16,18-19H2,(H,30,34)/b26-17-. The summed E-state index contributed by atoms with van der Waals surface area (Å²) in [5.41, 5.74) is 2.88. The minimum atomic E-state index is -0.567. The summed E-state index contributed by atoms with van der Waals surface area (Å²) < 4.78 is 11.3. The average Bonchev–Trinajstić information content (AvgIpc) is 3.25. The number of hydrogen-bond acceptors (Lipinski definition) is 9. The van der Waals surface area contributed by atoms with E-state index in [-0.39, 0.29) is 17.2 Å². The zero-order valence-electron chi connectivity index (χ0n) is 21.9. The SMILES string of the molecule is O=C(CN1C(=O)S/C(=C\c2ccccc2OCc2ccc([N+](=O)[O-])cc2)C1=O)Nc1ccc(N2CCOCC2)cc1. The van der Waals surface area contributed by atoms with Gasteiger partial charge in [0.25, 0.3) is 16.8 Å². The van der Waals surface area contributed by atoms with Gasteiger partial charge < -0.3 is 19.7 Å². The molecule has 0 saturated carbocycles. The summed E-state index contributed by atoms with van der Waals surface area (Å²) in [5.74, 6) is -0.585. The van der Waals surface area contributed by atoms with Crippen molar-refractivity contribution in [2.24, 2.45) is 0 Å². The van der Waals surface area contributed by atoms with Crippen LogP contribution in [0.25, 0.3) is 6.08 Å². The topological polar surface area (TPSA) is 131 Å². The number of nitrogens with one attached hydrogen (secondary N) is 1. The van der Waals surface area contributed by atoms with Crippen molar-refractivity contribution in [1.82, 2.24) is 4.90 Å². The first-order valence-corrected chi connectivity index (χ1v) is 13.6. The molecular weight excluding hydrogens is 548 g/mol. The second-order valence-corrected chi connectivity index (χ2v) is 10.2. The molecule has 41 heavy (non-hydrogen) atoms. The molecule has 2 heterocycles. The lowest BCUT2D eigenvalue weighted by Crippen LogP contribution is -2.36. The third kappa shape index (κ3) is 6.91. The number of anilines is 2. The minimum absolute atomic E-state index is 0.0137. The Kier molecular flexibility index (Phi) is 8.61. The van der Waals surface area contributed by atoms with Crippen LogP contribution < -0.4 is 15.0 Å². The molecule has 0 aromatic heterocycles. The van der Waals surface area contributed by atoms with Crippen LogP contribution in [0.5, 0.6) is 5.75 Å². The quantitative estimate of drug-likeness (QED) is 0.220. The number of benzene rings is 3. The number of rotatable bonds is 9. The number of ether oxygens (including phenoxy) is 2. The van der Waals surface area contributed by atoms with Crippen LogP contribution in [0, 0.1) is 10.1 Å². The van der Waals surface area contributed by atoms with Crippen molar-refractivity contribution in [2.75, 3.05) is 43.1 Å². The highest BCUT2D eigenvalue weighted by Gasteiger charge is 2.36. The first-order chi connectivity index (χ1) is 19.9. The molecule has 2 saturated heterocycles. The van der Waals surface area contributed by atoms with Crippen molar-refractivity contribution >= 4 is 52.0 Å². The Morgan fingerprint density at radius 1 is 1.02 bits per heavy atom. The second-order valence-electron chi connectivity index (χ2n) is 9.21. The smallest absolute Gasteiger partial charge is 0.294 e. The van der Waals surface area contributed by atoms with Crippen molar-refractivity contribution in [3.8, 4) is 5.75 Å². The van der Waals surface area contributed by atoms with Gasteiger partial charge in [0.05, 0.1) is 23.0 Å². The summed E-state index contributed by atoms with van der Waals surface area (Å²) in [7, 11) is 0. The van der Waals surface area contributed by atoms with E-state index in [0.717, 1.165) is 41.0 Å². The Hall–Kier alpha value is -4.68. The van der Waals surface area contributed by atoms with Crippen LogP contribution in [0.4, 0.5) is 21.9 Å². The Balaban J connectivity index is 1.20. The van der Waals surface area contributed by atoms with Crippen molar-refractivity contribution in [2.45, 2.75) is 6.61 Å². The normalized spacial score (nSPS) is 16.2. The molecule has 3 aromatic rings. The van der Waals surface area contributed by atoms with Gasteiger partial charge in [-0.15, -0.1) is 0 Å². The van der Waals surface area contributed by atoms with E-state index in [1.54, 1.807) is 54.6 Å². The zero-order valence-corrected chi connectivity index (χ0v) is 22.7. The summed E-state index contributed by atoms with van der Waals surface area (Å²) in [4.78, 5) is 52.0. The number of para-hydroxylation sites is 1. The van der Waals surface area contributed by atoms with Crippen molar-refractivity contribution in [3.63, 3.8) is 0 Å². The van der Waals surface area contributed by atoms with E-state index in [9.17, 15) is 24.5 Å². The fourth-order valence-corrected chi connectivity index (χ4v) is 5.13. The number of carbonyl (C=O) groups excluding carboxylic acids is 3. The lowest BCUT2D eigenvalue weighted by molar-refractivity contribution is -0.384. The molecule has 0 unspecified atom stereocenters. The van der Waals surface area contributed by atoms with Crippen molar-refractivity contribution in [3.05, 3.63) is 98.9 Å². The van der Waals surface area contributed by atoms with Crippen LogP contribution in [0.1, 0.15) is 11.1 Å². The highest BCUT2D eigenvalue weighted by molar-refractivity contribution is 8.18. The number of thioether (sulfide) groups is 1. The van der Waals surface area contributed by atoms with E-state index in [2.05, 4.69) is 10.2 Å². The number of nitrogens with zero attached hydrogens (tertiary/aromatic N) is 3. The summed E-state index contributed by atoms with van der Waals surface area (Å²) >= 11 is 0.754. The molecule has 0 spiro atoms. The van der Waals surface area contributed by atoms with E-state index in [0.29, 0.717) is 30.2 Å². The predicted octanol–water partition coefficient (Wildman–Crippen LogP) is 4.69. The molecule has 0 radical (unpaired) electrons. The van der Waals surface area contributed by atoms with Crippen LogP contribution >= 0.6 is 11.8 Å². The Labute approximate surface area is 239 Å². The molecule has 2 fully saturated rings. The third-order valence-electron chi connectivity index (χ3n) is 6.45. The molecule has 1 N–H and O–H groups in total. The number of hydrogen-bond donors (Lipinski definition) is 1. The second kappa shape index (κ2) is 12.7. The number of nitro groups is 1. The molecule has 2 aliphatic heterocycles. The Bertz CT molecular complexity index is 1490. The van der Waals surface area contributed by atoms with E-state index >= 15 is 0 Å². The molecule has 2 aliphatic rings. The van der Waals surface area contributed by atoms with Gasteiger partial charge in [-0.05, 0) is 65.9 Å². The van der Waals surface area contributed by atoms with Crippen LogP contribution in [-0.4, -0.2) is 59.7 Å². The molecule has 210 valence electrons. The summed E-state index contributed by atoms with van der Waals surface area (Å²) in [5, 5.41) is 13.1. The minimum Gasteiger partial charge on any atom is -0.488 e. The predicted molar refractivity (Wildman–Crippen MR) is 155 cm³/mol. The number of carbonyl (C=O) groups is 3. The fourth-order valence-electron chi connectivity index (χ4n) is 4.30. The molecule has 3 aromatic carbocycles. The van der Waals surface area contributed by atoms with Gasteiger partial charge >= 0.3 is 0 Å². The van der Waals surface area contributed by atoms with Gasteiger partial charge in [0.1, 0.15) is 18.9 Å². The van der Waals surface area contributed by atoms with E-state index in [4.69, 9.17) is 9.47 Å². The van der Waals surface area contributed by atoms with Gasteiger partial charge in [0.2, 0.25) is 5.91 Å². The summed E-state index contributed by atoms with van der Waals surface area (Å²) in [6.45, 7) is 2.68. The molecule has 12 heteroatoms. The maximum Gasteiger partial charge on any atom is 0.294 e. The Morgan fingerprint density at radius 2 is 1.73 bits per heavy atom. The highest BCUT2D eigenvalue weighted by atomic mass is 32.2. The van der Waals surface area contributed by atoms with Crippen molar-refractivity contribution in [1.29, 1.82) is 0 Å². The number of morpholine rings is 1. The number of non-ortho nitro benzene ring substituents is 1. The molecule has 5 rings (SSSR count). The lowest BCUT2D eigenvalue weighted by Gasteiger charge is -2.28. The highest BCUT2D eigenvalue weighted by Crippen LogP contribution is 2.34. The van der Waals surface area contributed by atoms with Crippen LogP contribution in [0.15, 0.2) is 77.7 Å². The van der Waals surface area contributed by atoms with Gasteiger partial charge in [-0.2, -0.15) is 0 Å². The maximum absolute atomic E-state index is 13.0. The van der Waals surface area contributed by atoms with E-state index < -0.39 is 28.5 Å². The van der Waals surface area contributed by atoms with E-state index in [1.807, 2.05) is 12.1 Å². The molecule has 0 bridgehead atoms. The number of amides is 3. The summed E-state index contributed by atoms with van der Waals surface area (Å²) in [6.07, 6.45) is 1.55. The molecule has 0 aliphatic carbocycles. The third-order valence-corrected chi connectivity index (χ3v) is 7.36. The maximum atomic E-state index is 13.0. The van der Waals surface area contributed by atoms with Gasteiger partial charge in [0.15, 0.2) is 0 Å². The first-order valence-electron chi connectivity index (χ1n) is 12.8. The van der Waals surface area contributed by atoms with Crippen LogP contribution in [-0.2, 0) is 20.9 Å². The average molecular weight is 575 g/mol. The van der Waals surface area contributed by atoms with Gasteiger partial charge in [-0.3, -0.25) is 29.4 Å². The molecule has 3 amide bonds. The zero-order chi connectivity index (χ0) is 28.8. The molecular formula is C29H26N4O7S. The Morgan fingerprint density at radius 3 is 2.44 bits per heavy atom. The lowest BCUT2D eigenvalue weighted by atomic mass is 10.1. The van der Waals surface area contributed by atoms with Gasteiger partial charge in [0, 0.05) is 42.2 Å². The van der Waals surface area contributed by atoms with Crippen molar-refractivity contribution < 1.29 is 28.8 Å². The monoisotopic (exact) mass is 574 g/mol. The van der Waals surface area contributed by atoms with Crippen LogP contribution in [0.2, 0.25) is 0 Å². The molecule has 11 nitrogen and oxygen atoms in total. The number of nitro benzene ring substituents is 1. The van der Waals surface area contributed by atoms with Gasteiger partial charge in [-0.25, -0.2) is 0 Å². The number of imide groups is 1. The fraction of sp³-hybridized carbons (Fsp3) is 0.207.